The minimum atomic E-state index is -0.390. The quantitative estimate of drug-likeness (QED) is 0.684. The lowest BCUT2D eigenvalue weighted by atomic mass is 10.2. The van der Waals surface area contributed by atoms with Crippen LogP contribution in [0.4, 0.5) is 5.13 Å². The predicted octanol–water partition coefficient (Wildman–Crippen LogP) is 2.44. The van der Waals surface area contributed by atoms with Gasteiger partial charge in [0.2, 0.25) is 5.91 Å². The third-order valence-corrected chi connectivity index (χ3v) is 4.99. The van der Waals surface area contributed by atoms with Gasteiger partial charge in [-0.25, -0.2) is 4.98 Å². The van der Waals surface area contributed by atoms with Gasteiger partial charge in [0.15, 0.2) is 16.6 Å². The van der Waals surface area contributed by atoms with Gasteiger partial charge in [0.25, 0.3) is 5.91 Å². The molecule has 2 N–H and O–H groups in total. The van der Waals surface area contributed by atoms with Crippen LogP contribution in [0.3, 0.4) is 0 Å². The van der Waals surface area contributed by atoms with Gasteiger partial charge in [0.1, 0.15) is 19.0 Å². The fourth-order valence-corrected chi connectivity index (χ4v) is 3.66. The lowest BCUT2D eigenvalue weighted by Crippen LogP contribution is -2.33. The molecule has 1 aromatic heterocycles. The van der Waals surface area contributed by atoms with Gasteiger partial charge in [-0.1, -0.05) is 23.5 Å². The summed E-state index contributed by atoms with van der Waals surface area (Å²) in [5, 5.41) is 5.72. The molecule has 0 atom stereocenters. The molecule has 4 rings (SSSR count). The number of carbonyl (C=O) groups is 2. The van der Waals surface area contributed by atoms with E-state index < -0.39 is 0 Å². The first-order valence-electron chi connectivity index (χ1n) is 8.55. The molecule has 0 radical (unpaired) electrons. The number of anilines is 1. The third-order valence-electron chi connectivity index (χ3n) is 4.06. The van der Waals surface area contributed by atoms with Crippen molar-refractivity contribution in [3.63, 3.8) is 0 Å². The first-order valence-corrected chi connectivity index (χ1v) is 9.37. The Balaban J connectivity index is 1.40. The van der Waals surface area contributed by atoms with Gasteiger partial charge in [-0.2, -0.15) is 0 Å². The maximum absolute atomic E-state index is 12.3. The number of carbonyl (C=O) groups excluding carboxylic acids is 2. The van der Waals surface area contributed by atoms with Crippen molar-refractivity contribution < 1.29 is 23.8 Å². The third kappa shape index (κ3) is 3.70. The topological polar surface area (TPSA) is 98.8 Å². The Hall–Kier alpha value is -3.33. The van der Waals surface area contributed by atoms with Crippen LogP contribution in [0.1, 0.15) is 10.4 Å². The Bertz CT molecular complexity index is 1010. The zero-order valence-electron chi connectivity index (χ0n) is 15.0. The van der Waals surface area contributed by atoms with Crippen LogP contribution in [0.15, 0.2) is 36.4 Å². The largest absolute Gasteiger partial charge is 0.496 e. The van der Waals surface area contributed by atoms with Crippen molar-refractivity contribution in [2.45, 2.75) is 0 Å². The lowest BCUT2D eigenvalue weighted by molar-refractivity contribution is -0.115. The zero-order valence-corrected chi connectivity index (χ0v) is 15.8. The summed E-state index contributed by atoms with van der Waals surface area (Å²) < 4.78 is 17.1. The molecule has 0 saturated carbocycles. The van der Waals surface area contributed by atoms with E-state index in [1.807, 2.05) is 6.07 Å². The molecule has 0 aliphatic carbocycles. The number of ether oxygens (including phenoxy) is 3. The minimum absolute atomic E-state index is 0.185. The van der Waals surface area contributed by atoms with E-state index in [4.69, 9.17) is 14.2 Å². The Morgan fingerprint density at radius 3 is 2.71 bits per heavy atom. The van der Waals surface area contributed by atoms with E-state index in [0.717, 1.165) is 4.70 Å². The lowest BCUT2D eigenvalue weighted by Gasteiger charge is -2.17. The zero-order chi connectivity index (χ0) is 19.5. The van der Waals surface area contributed by atoms with Crippen molar-refractivity contribution in [1.29, 1.82) is 0 Å². The monoisotopic (exact) mass is 399 g/mol. The second-order valence-corrected chi connectivity index (χ2v) is 6.94. The molecule has 8 nitrogen and oxygen atoms in total. The van der Waals surface area contributed by atoms with Gasteiger partial charge < -0.3 is 24.8 Å². The van der Waals surface area contributed by atoms with E-state index in [2.05, 4.69) is 15.6 Å². The SMILES string of the molecule is COc1ccccc1C(=O)NCC(=O)Nc1nc2cc3c(cc2s1)OCCO3. The molecule has 0 bridgehead atoms. The molecule has 0 saturated heterocycles. The molecule has 9 heteroatoms. The van der Waals surface area contributed by atoms with E-state index >= 15 is 0 Å². The molecule has 0 fully saturated rings. The van der Waals surface area contributed by atoms with Crippen molar-refractivity contribution in [2.24, 2.45) is 0 Å². The summed E-state index contributed by atoms with van der Waals surface area (Å²) in [4.78, 5) is 28.8. The molecule has 144 valence electrons. The van der Waals surface area contributed by atoms with E-state index in [1.165, 1.54) is 18.4 Å². The van der Waals surface area contributed by atoms with Crippen LogP contribution in [-0.2, 0) is 4.79 Å². The van der Waals surface area contributed by atoms with Gasteiger partial charge in [0.05, 0.1) is 29.4 Å². The van der Waals surface area contributed by atoms with Crippen molar-refractivity contribution in [3.05, 3.63) is 42.0 Å². The maximum Gasteiger partial charge on any atom is 0.255 e. The number of rotatable bonds is 5. The predicted molar refractivity (Wildman–Crippen MR) is 105 cm³/mol. The molecule has 28 heavy (non-hydrogen) atoms. The fraction of sp³-hybridized carbons (Fsp3) is 0.211. The number of aromatic nitrogens is 1. The standard InChI is InChI=1S/C19H17N3O5S/c1-25-13-5-3-2-4-11(13)18(24)20-10-17(23)22-19-21-12-8-14-15(9-16(12)28-19)27-7-6-26-14/h2-5,8-9H,6-7,10H2,1H3,(H,20,24)(H,21,22,23). The van der Waals surface area contributed by atoms with Crippen molar-refractivity contribution in [1.82, 2.24) is 10.3 Å². The molecule has 1 aliphatic heterocycles. The average Bonchev–Trinajstić information content (AvgIpc) is 3.10. The van der Waals surface area contributed by atoms with Crippen LogP contribution in [0.25, 0.3) is 10.2 Å². The maximum atomic E-state index is 12.3. The number of nitrogens with zero attached hydrogens (tertiary/aromatic N) is 1. The van der Waals surface area contributed by atoms with Crippen LogP contribution in [0.2, 0.25) is 0 Å². The van der Waals surface area contributed by atoms with Crippen LogP contribution in [0.5, 0.6) is 17.2 Å². The Morgan fingerprint density at radius 1 is 1.18 bits per heavy atom. The Labute approximate surface area is 164 Å². The second-order valence-electron chi connectivity index (χ2n) is 5.91. The van der Waals surface area contributed by atoms with Crippen molar-refractivity contribution >= 4 is 38.5 Å². The summed E-state index contributed by atoms with van der Waals surface area (Å²) in [5.41, 5.74) is 1.07. The molecule has 0 spiro atoms. The smallest absolute Gasteiger partial charge is 0.255 e. The highest BCUT2D eigenvalue weighted by Gasteiger charge is 2.17. The molecule has 2 aromatic carbocycles. The Morgan fingerprint density at radius 2 is 1.93 bits per heavy atom. The number of amides is 2. The normalized spacial score (nSPS) is 12.5. The number of nitrogens with one attached hydrogen (secondary N) is 2. The highest BCUT2D eigenvalue weighted by Crippen LogP contribution is 2.37. The molecule has 2 amide bonds. The van der Waals surface area contributed by atoms with Crippen LogP contribution < -0.4 is 24.8 Å². The minimum Gasteiger partial charge on any atom is -0.496 e. The van der Waals surface area contributed by atoms with Crippen LogP contribution >= 0.6 is 11.3 Å². The molecular weight excluding hydrogens is 382 g/mol. The van der Waals surface area contributed by atoms with Gasteiger partial charge in [-0.3, -0.25) is 9.59 Å². The van der Waals surface area contributed by atoms with E-state index in [1.54, 1.807) is 30.3 Å². The van der Waals surface area contributed by atoms with E-state index in [9.17, 15) is 9.59 Å². The molecule has 2 heterocycles. The summed E-state index contributed by atoms with van der Waals surface area (Å²) in [6, 6.07) is 10.4. The van der Waals surface area contributed by atoms with Crippen molar-refractivity contribution in [2.75, 3.05) is 32.2 Å². The van der Waals surface area contributed by atoms with Crippen LogP contribution in [-0.4, -0.2) is 43.7 Å². The average molecular weight is 399 g/mol. The molecule has 3 aromatic rings. The summed E-state index contributed by atoms with van der Waals surface area (Å²) in [6.45, 7) is 0.820. The number of hydrogen-bond acceptors (Lipinski definition) is 7. The highest BCUT2D eigenvalue weighted by atomic mass is 32.1. The fourth-order valence-electron chi connectivity index (χ4n) is 2.77. The second kappa shape index (κ2) is 7.73. The number of para-hydroxylation sites is 1. The van der Waals surface area contributed by atoms with Crippen LogP contribution in [0, 0.1) is 0 Å². The first kappa shape index (κ1) is 18.1. The van der Waals surface area contributed by atoms with Crippen molar-refractivity contribution in [3.8, 4) is 17.2 Å². The number of methoxy groups -OCH3 is 1. The summed E-state index contributed by atoms with van der Waals surface area (Å²) in [6.07, 6.45) is 0. The summed E-state index contributed by atoms with van der Waals surface area (Å²) in [5.74, 6) is 0.994. The molecule has 0 unspecified atom stereocenters. The molecular formula is C19H17N3O5S. The van der Waals surface area contributed by atoms with E-state index in [-0.39, 0.29) is 18.4 Å². The number of hydrogen-bond donors (Lipinski definition) is 2. The van der Waals surface area contributed by atoms with Gasteiger partial charge >= 0.3 is 0 Å². The number of thiazole rings is 1. The number of fused-ring (bicyclic) bond motifs is 2. The first-order chi connectivity index (χ1) is 13.6. The summed E-state index contributed by atoms with van der Waals surface area (Å²) >= 11 is 1.32. The summed E-state index contributed by atoms with van der Waals surface area (Å²) in [7, 11) is 1.49. The van der Waals surface area contributed by atoms with Gasteiger partial charge in [-0.15, -0.1) is 0 Å². The number of benzene rings is 2. The Kier molecular flexibility index (Phi) is 4.98. The highest BCUT2D eigenvalue weighted by molar-refractivity contribution is 7.22. The van der Waals surface area contributed by atoms with Gasteiger partial charge in [0, 0.05) is 12.1 Å². The molecule has 1 aliphatic rings. The van der Waals surface area contributed by atoms with Gasteiger partial charge in [-0.05, 0) is 12.1 Å². The van der Waals surface area contributed by atoms with E-state index in [0.29, 0.717) is 46.7 Å².